The second kappa shape index (κ2) is 7.78. The van der Waals surface area contributed by atoms with Crippen molar-refractivity contribution in [2.45, 2.75) is 34.0 Å². The van der Waals surface area contributed by atoms with Crippen LogP contribution in [0.15, 0.2) is 12.1 Å². The molecular weight excluding hydrogens is 242 g/mol. The van der Waals surface area contributed by atoms with Crippen molar-refractivity contribution in [2.24, 2.45) is 0 Å². The molecule has 104 valence electrons. The first-order valence-corrected chi connectivity index (χ1v) is 6.49. The van der Waals surface area contributed by atoms with Gasteiger partial charge in [-0.2, -0.15) is 5.26 Å². The van der Waals surface area contributed by atoms with Crippen LogP contribution in [0.2, 0.25) is 0 Å². The van der Waals surface area contributed by atoms with Crippen LogP contribution in [0.25, 0.3) is 0 Å². The van der Waals surface area contributed by atoms with Gasteiger partial charge in [-0.3, -0.25) is 0 Å². The van der Waals surface area contributed by atoms with Crippen LogP contribution in [0.3, 0.4) is 0 Å². The van der Waals surface area contributed by atoms with Gasteiger partial charge in [-0.1, -0.05) is 0 Å². The van der Waals surface area contributed by atoms with E-state index in [0.29, 0.717) is 25.4 Å². The van der Waals surface area contributed by atoms with Gasteiger partial charge in [0.15, 0.2) is 6.29 Å². The van der Waals surface area contributed by atoms with E-state index in [9.17, 15) is 0 Å². The van der Waals surface area contributed by atoms with Crippen LogP contribution in [0.5, 0.6) is 5.75 Å². The van der Waals surface area contributed by atoms with Gasteiger partial charge in [0, 0.05) is 13.2 Å². The first-order chi connectivity index (χ1) is 9.12. The number of nitrogens with zero attached hydrogens (tertiary/aromatic N) is 1. The molecule has 0 aliphatic carbocycles. The van der Waals surface area contributed by atoms with Crippen LogP contribution in [-0.2, 0) is 9.47 Å². The van der Waals surface area contributed by atoms with Crippen LogP contribution in [0.1, 0.15) is 30.5 Å². The van der Waals surface area contributed by atoms with Crippen LogP contribution in [-0.4, -0.2) is 26.1 Å². The maximum atomic E-state index is 8.90. The molecule has 0 bridgehead atoms. The fourth-order valence-corrected chi connectivity index (χ4v) is 1.91. The lowest BCUT2D eigenvalue weighted by Gasteiger charge is -2.19. The monoisotopic (exact) mass is 263 g/mol. The predicted octanol–water partition coefficient (Wildman–Crippen LogP) is 2.95. The number of hydrogen-bond acceptors (Lipinski definition) is 4. The van der Waals surface area contributed by atoms with Gasteiger partial charge in [0.2, 0.25) is 0 Å². The molecule has 4 nitrogen and oxygen atoms in total. The summed E-state index contributed by atoms with van der Waals surface area (Å²) in [6.07, 6.45) is -0.357. The maximum absolute atomic E-state index is 8.90. The molecule has 19 heavy (non-hydrogen) atoms. The van der Waals surface area contributed by atoms with Gasteiger partial charge in [0.1, 0.15) is 12.4 Å². The highest BCUT2D eigenvalue weighted by Gasteiger charge is 2.12. The highest BCUT2D eigenvalue weighted by atomic mass is 16.7. The molecule has 1 aromatic rings. The highest BCUT2D eigenvalue weighted by Crippen LogP contribution is 2.24. The fraction of sp³-hybridized carbons (Fsp3) is 0.533. The number of aryl methyl sites for hydroxylation is 2. The molecule has 0 saturated carbocycles. The summed E-state index contributed by atoms with van der Waals surface area (Å²) in [5, 5.41) is 8.90. The van der Waals surface area contributed by atoms with Crippen LogP contribution >= 0.6 is 0 Å². The zero-order valence-electron chi connectivity index (χ0n) is 12.0. The van der Waals surface area contributed by atoms with Crippen LogP contribution < -0.4 is 4.74 Å². The highest BCUT2D eigenvalue weighted by molar-refractivity contribution is 5.47. The molecule has 4 heteroatoms. The van der Waals surface area contributed by atoms with E-state index in [0.717, 1.165) is 16.9 Å². The third kappa shape index (κ3) is 4.55. The van der Waals surface area contributed by atoms with Crippen molar-refractivity contribution in [1.82, 2.24) is 0 Å². The normalized spacial score (nSPS) is 10.5. The second-order valence-corrected chi connectivity index (χ2v) is 4.20. The lowest BCUT2D eigenvalue weighted by molar-refractivity contribution is -0.152. The number of ether oxygens (including phenoxy) is 3. The van der Waals surface area contributed by atoms with Crippen molar-refractivity contribution in [2.75, 3.05) is 19.8 Å². The van der Waals surface area contributed by atoms with Crippen molar-refractivity contribution < 1.29 is 14.2 Å². The van der Waals surface area contributed by atoms with E-state index in [1.807, 2.05) is 39.8 Å². The fourth-order valence-electron chi connectivity index (χ4n) is 1.91. The molecule has 0 radical (unpaired) electrons. The molecule has 0 aliphatic rings. The summed E-state index contributed by atoms with van der Waals surface area (Å²) in [6, 6.07) is 5.77. The second-order valence-electron chi connectivity index (χ2n) is 4.20. The average Bonchev–Trinajstić information content (AvgIpc) is 2.37. The Kier molecular flexibility index (Phi) is 6.34. The summed E-state index contributed by atoms with van der Waals surface area (Å²) in [5.41, 5.74) is 2.54. The van der Waals surface area contributed by atoms with Gasteiger partial charge in [0.05, 0.1) is 11.6 Å². The number of hydrogen-bond donors (Lipinski definition) is 0. The van der Waals surface area contributed by atoms with E-state index in [2.05, 4.69) is 6.07 Å². The van der Waals surface area contributed by atoms with Crippen molar-refractivity contribution in [3.05, 3.63) is 28.8 Å². The maximum Gasteiger partial charge on any atom is 0.191 e. The molecule has 0 heterocycles. The first-order valence-electron chi connectivity index (χ1n) is 6.49. The predicted molar refractivity (Wildman–Crippen MR) is 73.2 cm³/mol. The van der Waals surface area contributed by atoms with E-state index in [-0.39, 0.29) is 6.29 Å². The Morgan fingerprint density at radius 3 is 2.05 bits per heavy atom. The summed E-state index contributed by atoms with van der Waals surface area (Å²) in [4.78, 5) is 0. The molecular formula is C15H21NO3. The molecule has 0 aromatic heterocycles. The minimum Gasteiger partial charge on any atom is -0.488 e. The lowest BCUT2D eigenvalue weighted by atomic mass is 10.1. The summed E-state index contributed by atoms with van der Waals surface area (Å²) in [6.45, 7) is 9.21. The Labute approximate surface area is 114 Å². The zero-order chi connectivity index (χ0) is 14.3. The Morgan fingerprint density at radius 1 is 1.11 bits per heavy atom. The van der Waals surface area contributed by atoms with E-state index < -0.39 is 0 Å². The molecule has 0 amide bonds. The summed E-state index contributed by atoms with van der Waals surface area (Å²) in [5.74, 6) is 0.795. The van der Waals surface area contributed by atoms with Crippen molar-refractivity contribution >= 4 is 0 Å². The van der Waals surface area contributed by atoms with Gasteiger partial charge in [0.25, 0.3) is 0 Å². The van der Waals surface area contributed by atoms with Gasteiger partial charge >= 0.3 is 0 Å². The minimum atomic E-state index is -0.357. The zero-order valence-corrected chi connectivity index (χ0v) is 12.0. The van der Waals surface area contributed by atoms with E-state index >= 15 is 0 Å². The number of rotatable bonds is 7. The first kappa shape index (κ1) is 15.5. The van der Waals surface area contributed by atoms with Gasteiger partial charge in [-0.25, -0.2) is 0 Å². The Bertz CT molecular complexity index is 422. The Hall–Kier alpha value is -1.57. The van der Waals surface area contributed by atoms with Crippen LogP contribution in [0.4, 0.5) is 0 Å². The largest absolute Gasteiger partial charge is 0.488 e. The average molecular weight is 263 g/mol. The topological polar surface area (TPSA) is 51.5 Å². The van der Waals surface area contributed by atoms with Gasteiger partial charge in [-0.05, 0) is 51.0 Å². The molecule has 0 fully saturated rings. The van der Waals surface area contributed by atoms with Crippen molar-refractivity contribution in [3.8, 4) is 11.8 Å². The Morgan fingerprint density at radius 2 is 1.63 bits per heavy atom. The lowest BCUT2D eigenvalue weighted by Crippen LogP contribution is -2.25. The molecule has 0 spiro atoms. The molecule has 0 N–H and O–H groups in total. The molecule has 1 rings (SSSR count). The van der Waals surface area contributed by atoms with Crippen LogP contribution in [0, 0.1) is 25.2 Å². The third-order valence-corrected chi connectivity index (χ3v) is 2.66. The SMILES string of the molecule is CCOC(COc1c(C)cc(C#N)cc1C)OCC. The smallest absolute Gasteiger partial charge is 0.191 e. The van der Waals surface area contributed by atoms with E-state index in [1.54, 1.807) is 0 Å². The quantitative estimate of drug-likeness (QED) is 0.710. The van der Waals surface area contributed by atoms with Gasteiger partial charge in [-0.15, -0.1) is 0 Å². The summed E-state index contributed by atoms with van der Waals surface area (Å²) >= 11 is 0. The summed E-state index contributed by atoms with van der Waals surface area (Å²) in [7, 11) is 0. The van der Waals surface area contributed by atoms with E-state index in [4.69, 9.17) is 19.5 Å². The number of nitriles is 1. The van der Waals surface area contributed by atoms with Crippen molar-refractivity contribution in [1.29, 1.82) is 5.26 Å². The standard InChI is InChI=1S/C15H21NO3/c1-5-17-14(18-6-2)10-19-15-11(3)7-13(9-16)8-12(15)4/h7-8,14H,5-6,10H2,1-4H3. The molecule has 0 unspecified atom stereocenters. The minimum absolute atomic E-state index is 0.343. The molecule has 0 saturated heterocycles. The molecule has 0 atom stereocenters. The molecule has 0 aliphatic heterocycles. The molecule has 1 aromatic carbocycles. The third-order valence-electron chi connectivity index (χ3n) is 2.66. The van der Waals surface area contributed by atoms with Gasteiger partial charge < -0.3 is 14.2 Å². The Balaban J connectivity index is 2.74. The number of benzene rings is 1. The summed E-state index contributed by atoms with van der Waals surface area (Å²) < 4.78 is 16.6. The van der Waals surface area contributed by atoms with Crippen molar-refractivity contribution in [3.63, 3.8) is 0 Å². The van der Waals surface area contributed by atoms with E-state index in [1.165, 1.54) is 0 Å².